The fourth-order valence-electron chi connectivity index (χ4n) is 5.27. The van der Waals surface area contributed by atoms with Crippen LogP contribution in [0, 0.1) is 5.92 Å². The molecular formula is C24H35N3O4. The van der Waals surface area contributed by atoms with Gasteiger partial charge in [0.15, 0.2) is 6.61 Å². The van der Waals surface area contributed by atoms with Crippen LogP contribution in [0.4, 0.5) is 5.69 Å². The van der Waals surface area contributed by atoms with E-state index in [9.17, 15) is 9.59 Å². The number of ether oxygens (including phenoxy) is 2. The van der Waals surface area contributed by atoms with Crippen LogP contribution in [0.25, 0.3) is 0 Å². The molecule has 1 aromatic rings. The van der Waals surface area contributed by atoms with E-state index in [1.165, 1.54) is 45.2 Å². The maximum atomic E-state index is 13.1. The fraction of sp³-hybridized carbons (Fsp3) is 0.667. The van der Waals surface area contributed by atoms with Crippen LogP contribution in [0.3, 0.4) is 0 Å². The Morgan fingerprint density at radius 1 is 1.19 bits per heavy atom. The summed E-state index contributed by atoms with van der Waals surface area (Å²) in [6.45, 7) is 4.28. The van der Waals surface area contributed by atoms with Gasteiger partial charge in [0, 0.05) is 44.4 Å². The number of anilines is 1. The molecule has 7 heteroatoms. The largest absolute Gasteiger partial charge is 0.484 e. The summed E-state index contributed by atoms with van der Waals surface area (Å²) >= 11 is 0. The van der Waals surface area contributed by atoms with Gasteiger partial charge in [0.1, 0.15) is 5.75 Å². The van der Waals surface area contributed by atoms with E-state index in [1.54, 1.807) is 7.11 Å². The summed E-state index contributed by atoms with van der Waals surface area (Å²) in [6.07, 6.45) is 7.49. The van der Waals surface area contributed by atoms with Gasteiger partial charge in [0.25, 0.3) is 5.91 Å². The van der Waals surface area contributed by atoms with Crippen molar-refractivity contribution in [2.45, 2.75) is 51.0 Å². The van der Waals surface area contributed by atoms with Crippen LogP contribution in [0.1, 0.15) is 44.1 Å². The van der Waals surface area contributed by atoms with Crippen molar-refractivity contribution in [3.8, 4) is 5.75 Å². The molecule has 3 aliphatic rings. The number of carbonyl (C=O) groups excluding carboxylic acids is 2. The SMILES string of the molecule is COCCN(C[C@@H]1CCCN2CCCC[C@H]12)C(=O)COc1ccc2c(c1)NC(=O)CC2. The van der Waals surface area contributed by atoms with Crippen LogP contribution in [-0.4, -0.2) is 74.2 Å². The number of hydrogen-bond acceptors (Lipinski definition) is 5. The zero-order valence-corrected chi connectivity index (χ0v) is 18.6. The van der Waals surface area contributed by atoms with Gasteiger partial charge < -0.3 is 24.6 Å². The maximum absolute atomic E-state index is 13.1. The predicted molar refractivity (Wildman–Crippen MR) is 119 cm³/mol. The smallest absolute Gasteiger partial charge is 0.260 e. The van der Waals surface area contributed by atoms with Gasteiger partial charge in [-0.2, -0.15) is 0 Å². The lowest BCUT2D eigenvalue weighted by molar-refractivity contribution is -0.135. The number of nitrogens with zero attached hydrogens (tertiary/aromatic N) is 2. The summed E-state index contributed by atoms with van der Waals surface area (Å²) in [7, 11) is 1.67. The number of nitrogens with one attached hydrogen (secondary N) is 1. The number of benzene rings is 1. The van der Waals surface area contributed by atoms with Gasteiger partial charge >= 0.3 is 0 Å². The lowest BCUT2D eigenvalue weighted by Crippen LogP contribution is -2.52. The van der Waals surface area contributed by atoms with Crippen molar-refractivity contribution in [2.75, 3.05) is 51.8 Å². The van der Waals surface area contributed by atoms with Gasteiger partial charge in [-0.3, -0.25) is 9.59 Å². The molecule has 31 heavy (non-hydrogen) atoms. The molecule has 4 rings (SSSR count). The molecule has 0 saturated carbocycles. The molecule has 170 valence electrons. The molecule has 1 N–H and O–H groups in total. The molecule has 0 spiro atoms. The maximum Gasteiger partial charge on any atom is 0.260 e. The van der Waals surface area contributed by atoms with E-state index in [-0.39, 0.29) is 18.4 Å². The molecule has 0 aromatic heterocycles. The molecule has 0 unspecified atom stereocenters. The van der Waals surface area contributed by atoms with E-state index in [1.807, 2.05) is 23.1 Å². The van der Waals surface area contributed by atoms with Gasteiger partial charge in [-0.1, -0.05) is 12.5 Å². The topological polar surface area (TPSA) is 71.1 Å². The minimum atomic E-state index is -0.00765. The molecule has 2 fully saturated rings. The number of hydrogen-bond donors (Lipinski definition) is 1. The van der Waals surface area contributed by atoms with Crippen LogP contribution < -0.4 is 10.1 Å². The van der Waals surface area contributed by atoms with Crippen molar-refractivity contribution in [1.82, 2.24) is 9.80 Å². The van der Waals surface area contributed by atoms with Crippen molar-refractivity contribution in [1.29, 1.82) is 0 Å². The third-order valence-electron chi connectivity index (χ3n) is 6.94. The van der Waals surface area contributed by atoms with Gasteiger partial charge in [-0.25, -0.2) is 0 Å². The Balaban J connectivity index is 1.36. The zero-order chi connectivity index (χ0) is 21.6. The first kappa shape index (κ1) is 22.1. The number of amides is 2. The third kappa shape index (κ3) is 5.57. The van der Waals surface area contributed by atoms with Gasteiger partial charge in [0.2, 0.25) is 5.91 Å². The summed E-state index contributed by atoms with van der Waals surface area (Å²) in [5.41, 5.74) is 1.89. The molecule has 1 aromatic carbocycles. The second-order valence-electron chi connectivity index (χ2n) is 8.99. The number of carbonyl (C=O) groups is 2. The summed E-state index contributed by atoms with van der Waals surface area (Å²) in [6, 6.07) is 6.27. The third-order valence-corrected chi connectivity index (χ3v) is 6.94. The molecule has 0 bridgehead atoms. The summed E-state index contributed by atoms with van der Waals surface area (Å²) < 4.78 is 11.1. The van der Waals surface area contributed by atoms with Crippen LogP contribution in [0.2, 0.25) is 0 Å². The number of aryl methyl sites for hydroxylation is 1. The second kappa shape index (κ2) is 10.5. The van der Waals surface area contributed by atoms with Crippen molar-refractivity contribution in [3.63, 3.8) is 0 Å². The van der Waals surface area contributed by atoms with E-state index in [2.05, 4.69) is 10.2 Å². The number of fused-ring (bicyclic) bond motifs is 2. The monoisotopic (exact) mass is 429 g/mol. The van der Waals surface area contributed by atoms with E-state index < -0.39 is 0 Å². The molecule has 3 aliphatic heterocycles. The predicted octanol–water partition coefficient (Wildman–Crippen LogP) is 2.69. The molecule has 2 saturated heterocycles. The molecular weight excluding hydrogens is 394 g/mol. The van der Waals surface area contributed by atoms with Crippen molar-refractivity contribution in [2.24, 2.45) is 5.92 Å². The Hall–Kier alpha value is -2.12. The average molecular weight is 430 g/mol. The normalized spacial score (nSPS) is 23.5. The summed E-state index contributed by atoms with van der Waals surface area (Å²) in [5, 5.41) is 2.88. The average Bonchev–Trinajstić information content (AvgIpc) is 2.80. The highest BCUT2D eigenvalue weighted by atomic mass is 16.5. The van der Waals surface area contributed by atoms with Crippen LogP contribution in [0.5, 0.6) is 5.75 Å². The Bertz CT molecular complexity index is 782. The summed E-state index contributed by atoms with van der Waals surface area (Å²) in [4.78, 5) is 29.3. The molecule has 3 heterocycles. The molecule has 7 nitrogen and oxygen atoms in total. The molecule has 2 amide bonds. The molecule has 0 radical (unpaired) electrons. The van der Waals surface area contributed by atoms with Crippen molar-refractivity contribution >= 4 is 17.5 Å². The second-order valence-corrected chi connectivity index (χ2v) is 8.99. The minimum Gasteiger partial charge on any atom is -0.484 e. The Labute approximate surface area is 185 Å². The Morgan fingerprint density at radius 3 is 2.94 bits per heavy atom. The number of piperidine rings is 2. The minimum absolute atomic E-state index is 0.00243. The highest BCUT2D eigenvalue weighted by Crippen LogP contribution is 2.31. The van der Waals surface area contributed by atoms with Gasteiger partial charge in [-0.05, 0) is 62.7 Å². The standard InChI is InChI=1S/C24H35N3O4/c1-30-14-13-27(16-19-5-4-12-26-11-3-2-6-22(19)26)24(29)17-31-20-9-7-18-8-10-23(28)25-21(18)15-20/h7,9,15,19,22H,2-6,8,10-14,16-17H2,1H3,(H,25,28)/t19-,22+/m0/s1. The van der Waals surface area contributed by atoms with Crippen LogP contribution in [-0.2, 0) is 20.7 Å². The van der Waals surface area contributed by atoms with E-state index in [0.29, 0.717) is 37.3 Å². The van der Waals surface area contributed by atoms with Crippen molar-refractivity contribution < 1.29 is 19.1 Å². The highest BCUT2D eigenvalue weighted by Gasteiger charge is 2.34. The lowest BCUT2D eigenvalue weighted by atomic mass is 9.83. The number of rotatable bonds is 8. The van der Waals surface area contributed by atoms with E-state index >= 15 is 0 Å². The lowest BCUT2D eigenvalue weighted by Gasteiger charge is -2.45. The van der Waals surface area contributed by atoms with Crippen molar-refractivity contribution in [3.05, 3.63) is 23.8 Å². The molecule has 0 aliphatic carbocycles. The van der Waals surface area contributed by atoms with Gasteiger partial charge in [0.05, 0.1) is 6.61 Å². The fourth-order valence-corrected chi connectivity index (χ4v) is 5.27. The quantitative estimate of drug-likeness (QED) is 0.688. The highest BCUT2D eigenvalue weighted by molar-refractivity contribution is 5.94. The zero-order valence-electron chi connectivity index (χ0n) is 18.6. The Kier molecular flexibility index (Phi) is 7.45. The first-order chi connectivity index (χ1) is 15.1. The number of methoxy groups -OCH3 is 1. The first-order valence-electron chi connectivity index (χ1n) is 11.7. The molecule has 2 atom stereocenters. The van der Waals surface area contributed by atoms with Crippen LogP contribution in [0.15, 0.2) is 18.2 Å². The van der Waals surface area contributed by atoms with E-state index in [4.69, 9.17) is 9.47 Å². The van der Waals surface area contributed by atoms with Crippen LogP contribution >= 0.6 is 0 Å². The van der Waals surface area contributed by atoms with E-state index in [0.717, 1.165) is 24.2 Å². The van der Waals surface area contributed by atoms with Gasteiger partial charge in [-0.15, -0.1) is 0 Å². The Morgan fingerprint density at radius 2 is 2.06 bits per heavy atom. The first-order valence-corrected chi connectivity index (χ1v) is 11.7. The summed E-state index contributed by atoms with van der Waals surface area (Å²) in [5.74, 6) is 1.15.